The Bertz CT molecular complexity index is 1030. The van der Waals surface area contributed by atoms with E-state index in [9.17, 15) is 4.79 Å². The molecular formula is C22H25N3O3. The van der Waals surface area contributed by atoms with Gasteiger partial charge < -0.3 is 19.4 Å². The van der Waals surface area contributed by atoms with Crippen LogP contribution >= 0.6 is 0 Å². The molecule has 2 aromatic carbocycles. The number of rotatable bonds is 4. The van der Waals surface area contributed by atoms with E-state index in [0.29, 0.717) is 12.2 Å². The second-order valence-electron chi connectivity index (χ2n) is 8.03. The van der Waals surface area contributed by atoms with Gasteiger partial charge in [-0.3, -0.25) is 4.79 Å². The van der Waals surface area contributed by atoms with Crippen LogP contribution in [0.3, 0.4) is 0 Å². The van der Waals surface area contributed by atoms with E-state index in [1.54, 1.807) is 0 Å². The zero-order valence-corrected chi connectivity index (χ0v) is 16.7. The minimum Gasteiger partial charge on any atom is -0.454 e. The number of amides is 1. The van der Waals surface area contributed by atoms with Gasteiger partial charge in [0.2, 0.25) is 12.7 Å². The average Bonchev–Trinajstić information content (AvgIpc) is 3.25. The number of hydrogen-bond donors (Lipinski definition) is 1. The van der Waals surface area contributed by atoms with E-state index < -0.39 is 0 Å². The van der Waals surface area contributed by atoms with Crippen molar-refractivity contribution in [3.05, 3.63) is 42.5 Å². The lowest BCUT2D eigenvalue weighted by Crippen LogP contribution is -2.44. The van der Waals surface area contributed by atoms with Gasteiger partial charge in [-0.1, -0.05) is 19.1 Å². The second-order valence-corrected chi connectivity index (χ2v) is 8.03. The Hall–Kier alpha value is -3.02. The summed E-state index contributed by atoms with van der Waals surface area (Å²) in [6.45, 7) is 8.21. The molecule has 1 amide bonds. The van der Waals surface area contributed by atoms with E-state index in [0.717, 1.165) is 28.2 Å². The number of nitrogens with zero attached hydrogens (tertiary/aromatic N) is 2. The van der Waals surface area contributed by atoms with Crippen LogP contribution in [0.15, 0.2) is 42.5 Å². The normalized spacial score (nSPS) is 14.3. The number of fused-ring (bicyclic) bond motifs is 2. The molecule has 1 aromatic heterocycles. The van der Waals surface area contributed by atoms with Crippen LogP contribution in [0.1, 0.15) is 40.2 Å². The van der Waals surface area contributed by atoms with E-state index in [1.165, 1.54) is 0 Å². The van der Waals surface area contributed by atoms with Crippen molar-refractivity contribution in [2.45, 2.75) is 45.7 Å². The summed E-state index contributed by atoms with van der Waals surface area (Å²) in [5, 5.41) is 3.11. The summed E-state index contributed by atoms with van der Waals surface area (Å²) in [5.41, 5.74) is 2.38. The molecule has 2 heterocycles. The summed E-state index contributed by atoms with van der Waals surface area (Å²) in [7, 11) is 0. The van der Waals surface area contributed by atoms with Crippen LogP contribution in [-0.2, 0) is 4.79 Å². The van der Waals surface area contributed by atoms with Crippen molar-refractivity contribution in [2.75, 3.05) is 6.79 Å². The lowest BCUT2D eigenvalue weighted by molar-refractivity contribution is -0.125. The zero-order valence-electron chi connectivity index (χ0n) is 16.7. The Balaban J connectivity index is 1.87. The van der Waals surface area contributed by atoms with Crippen LogP contribution in [-0.4, -0.2) is 27.8 Å². The highest BCUT2D eigenvalue weighted by Gasteiger charge is 2.28. The molecule has 146 valence electrons. The van der Waals surface area contributed by atoms with Crippen molar-refractivity contribution in [3.8, 4) is 22.9 Å². The van der Waals surface area contributed by atoms with Gasteiger partial charge in [-0.25, -0.2) is 4.98 Å². The first-order chi connectivity index (χ1) is 13.4. The van der Waals surface area contributed by atoms with Crippen LogP contribution in [0.25, 0.3) is 22.4 Å². The molecule has 0 spiro atoms. The highest BCUT2D eigenvalue weighted by atomic mass is 16.7. The molecule has 1 aliphatic rings. The standard InChI is InChI=1S/C22H25N3O3/c1-5-16(21(26)24-22(2,3)4)25-17-9-7-6-8-15(17)23-20(25)14-10-11-18-19(12-14)28-13-27-18/h6-12,16H,5,13H2,1-4H3,(H,24,26). The van der Waals surface area contributed by atoms with Gasteiger partial charge in [0, 0.05) is 11.1 Å². The van der Waals surface area contributed by atoms with Crippen molar-refractivity contribution >= 4 is 16.9 Å². The maximum atomic E-state index is 13.1. The monoisotopic (exact) mass is 379 g/mol. The van der Waals surface area contributed by atoms with Gasteiger partial charge in [0.25, 0.3) is 0 Å². The smallest absolute Gasteiger partial charge is 0.243 e. The summed E-state index contributed by atoms with van der Waals surface area (Å²) in [4.78, 5) is 17.9. The minimum atomic E-state index is -0.368. The molecular weight excluding hydrogens is 354 g/mol. The number of benzene rings is 2. The molecule has 0 radical (unpaired) electrons. The number of ether oxygens (including phenoxy) is 2. The molecule has 1 N–H and O–H groups in total. The Morgan fingerprint density at radius 1 is 1.18 bits per heavy atom. The molecule has 1 atom stereocenters. The first-order valence-corrected chi connectivity index (χ1v) is 9.56. The second kappa shape index (κ2) is 6.86. The average molecular weight is 379 g/mol. The van der Waals surface area contributed by atoms with Crippen molar-refractivity contribution in [2.24, 2.45) is 0 Å². The van der Waals surface area contributed by atoms with Gasteiger partial charge in [0.15, 0.2) is 11.5 Å². The molecule has 0 aliphatic carbocycles. The Labute approximate surface area is 164 Å². The molecule has 0 saturated carbocycles. The minimum absolute atomic E-state index is 0.0138. The molecule has 0 saturated heterocycles. The molecule has 6 nitrogen and oxygen atoms in total. The lowest BCUT2D eigenvalue weighted by atomic mass is 10.1. The quantitative estimate of drug-likeness (QED) is 0.734. The predicted molar refractivity (Wildman–Crippen MR) is 109 cm³/mol. The molecule has 28 heavy (non-hydrogen) atoms. The third-order valence-electron chi connectivity index (χ3n) is 4.73. The van der Waals surface area contributed by atoms with E-state index in [1.807, 2.05) is 74.7 Å². The van der Waals surface area contributed by atoms with E-state index in [2.05, 4.69) is 5.32 Å². The third kappa shape index (κ3) is 3.30. The van der Waals surface area contributed by atoms with Gasteiger partial charge in [0.05, 0.1) is 11.0 Å². The molecule has 0 fully saturated rings. The SMILES string of the molecule is CCC(C(=O)NC(C)(C)C)n1c(-c2ccc3c(c2)OCO3)nc2ccccc21. The summed E-state index contributed by atoms with van der Waals surface area (Å²) in [6.07, 6.45) is 0.653. The van der Waals surface area contributed by atoms with Gasteiger partial charge in [0.1, 0.15) is 11.9 Å². The maximum absolute atomic E-state index is 13.1. The van der Waals surface area contributed by atoms with Crippen molar-refractivity contribution in [3.63, 3.8) is 0 Å². The fourth-order valence-corrected chi connectivity index (χ4v) is 3.54. The van der Waals surface area contributed by atoms with Crippen molar-refractivity contribution < 1.29 is 14.3 Å². The van der Waals surface area contributed by atoms with Gasteiger partial charge in [-0.15, -0.1) is 0 Å². The lowest BCUT2D eigenvalue weighted by Gasteiger charge is -2.26. The summed E-state index contributed by atoms with van der Waals surface area (Å²) < 4.78 is 13.0. The highest BCUT2D eigenvalue weighted by molar-refractivity contribution is 5.87. The number of nitrogens with one attached hydrogen (secondary N) is 1. The molecule has 3 aromatic rings. The largest absolute Gasteiger partial charge is 0.454 e. The molecule has 0 bridgehead atoms. The molecule has 4 rings (SSSR count). The number of hydrogen-bond acceptors (Lipinski definition) is 4. The summed E-state index contributed by atoms with van der Waals surface area (Å²) >= 11 is 0. The molecule has 1 aliphatic heterocycles. The number of carbonyl (C=O) groups excluding carboxylic acids is 1. The van der Waals surface area contributed by atoms with Gasteiger partial charge in [-0.2, -0.15) is 0 Å². The third-order valence-corrected chi connectivity index (χ3v) is 4.73. The number of imidazole rings is 1. The van der Waals surface area contributed by atoms with Crippen LogP contribution in [0, 0.1) is 0 Å². The molecule has 1 unspecified atom stereocenters. The van der Waals surface area contributed by atoms with Gasteiger partial charge in [-0.05, 0) is 57.5 Å². The summed E-state index contributed by atoms with van der Waals surface area (Å²) in [5.74, 6) is 2.16. The van der Waals surface area contributed by atoms with E-state index in [4.69, 9.17) is 14.5 Å². The van der Waals surface area contributed by atoms with Crippen LogP contribution in [0.2, 0.25) is 0 Å². The van der Waals surface area contributed by atoms with Crippen molar-refractivity contribution in [1.82, 2.24) is 14.9 Å². The fraction of sp³-hybridized carbons (Fsp3) is 0.364. The van der Waals surface area contributed by atoms with E-state index in [-0.39, 0.29) is 24.3 Å². The first kappa shape index (κ1) is 18.3. The first-order valence-electron chi connectivity index (χ1n) is 9.56. The predicted octanol–water partition coefficient (Wildman–Crippen LogP) is 4.30. The Morgan fingerprint density at radius 3 is 2.68 bits per heavy atom. The Morgan fingerprint density at radius 2 is 1.93 bits per heavy atom. The van der Waals surface area contributed by atoms with Gasteiger partial charge >= 0.3 is 0 Å². The van der Waals surface area contributed by atoms with Crippen molar-refractivity contribution in [1.29, 1.82) is 0 Å². The highest BCUT2D eigenvalue weighted by Crippen LogP contribution is 2.37. The summed E-state index contributed by atoms with van der Waals surface area (Å²) in [6, 6.07) is 13.3. The Kier molecular flexibility index (Phi) is 4.49. The zero-order chi connectivity index (χ0) is 19.9. The topological polar surface area (TPSA) is 65.4 Å². The fourth-order valence-electron chi connectivity index (χ4n) is 3.54. The van der Waals surface area contributed by atoms with Crippen LogP contribution in [0.5, 0.6) is 11.5 Å². The van der Waals surface area contributed by atoms with E-state index >= 15 is 0 Å². The number of para-hydroxylation sites is 2. The number of aromatic nitrogens is 2. The van der Waals surface area contributed by atoms with Crippen LogP contribution < -0.4 is 14.8 Å². The number of carbonyl (C=O) groups is 1. The maximum Gasteiger partial charge on any atom is 0.243 e. The molecule has 6 heteroatoms. The van der Waals surface area contributed by atoms with Crippen LogP contribution in [0.4, 0.5) is 0 Å².